The van der Waals surface area contributed by atoms with Crippen LogP contribution in [0.4, 0.5) is 22.0 Å². The number of carbonyl (C=O) groups excluding carboxylic acids is 1. The van der Waals surface area contributed by atoms with Crippen molar-refractivity contribution >= 4 is 5.97 Å². The molecule has 0 spiro atoms. The third kappa shape index (κ3) is 4.74. The SMILES string of the molecule is COC(=O)c1c(-c2cc(C(F)(F)F)ncc2Oc2ccc(F)c(F)c2OC)[nH]c(C)c(OC)c1=O. The molecule has 8 nitrogen and oxygen atoms in total. The molecule has 13 heteroatoms. The highest BCUT2D eigenvalue weighted by atomic mass is 19.4. The van der Waals surface area contributed by atoms with Gasteiger partial charge in [0.15, 0.2) is 23.1 Å². The Hall–Kier alpha value is -4.16. The van der Waals surface area contributed by atoms with Crippen molar-refractivity contribution < 1.29 is 45.7 Å². The van der Waals surface area contributed by atoms with Gasteiger partial charge in [-0.25, -0.2) is 14.2 Å². The number of hydrogen-bond acceptors (Lipinski definition) is 7. The first-order valence-electron chi connectivity index (χ1n) is 9.61. The van der Waals surface area contributed by atoms with Crippen LogP contribution in [0.1, 0.15) is 21.7 Å². The number of ether oxygens (including phenoxy) is 4. The lowest BCUT2D eigenvalue weighted by Crippen LogP contribution is -2.22. The first kappa shape index (κ1) is 25.5. The van der Waals surface area contributed by atoms with Gasteiger partial charge in [0.05, 0.1) is 38.9 Å². The van der Waals surface area contributed by atoms with Crippen LogP contribution in [-0.4, -0.2) is 37.3 Å². The predicted molar refractivity (Wildman–Crippen MR) is 111 cm³/mol. The van der Waals surface area contributed by atoms with Gasteiger partial charge in [-0.3, -0.25) is 4.79 Å². The van der Waals surface area contributed by atoms with E-state index in [0.29, 0.717) is 18.3 Å². The molecule has 0 fully saturated rings. The quantitative estimate of drug-likeness (QED) is 0.389. The number of nitrogens with zero attached hydrogens (tertiary/aromatic N) is 1. The number of H-pyrrole nitrogens is 1. The molecule has 35 heavy (non-hydrogen) atoms. The van der Waals surface area contributed by atoms with Crippen molar-refractivity contribution in [1.29, 1.82) is 0 Å². The zero-order chi connectivity index (χ0) is 26.1. The molecule has 0 radical (unpaired) electrons. The lowest BCUT2D eigenvalue weighted by atomic mass is 10.0. The second-order valence-electron chi connectivity index (χ2n) is 6.91. The number of aromatic amines is 1. The van der Waals surface area contributed by atoms with Gasteiger partial charge in [0.25, 0.3) is 0 Å². The number of benzene rings is 1. The molecule has 0 atom stereocenters. The average Bonchev–Trinajstić information content (AvgIpc) is 2.80. The van der Waals surface area contributed by atoms with E-state index < -0.39 is 69.0 Å². The maximum atomic E-state index is 14.1. The first-order valence-corrected chi connectivity index (χ1v) is 9.61. The molecular formula is C22H17F5N2O6. The third-order valence-electron chi connectivity index (χ3n) is 4.80. The molecule has 186 valence electrons. The van der Waals surface area contributed by atoms with Gasteiger partial charge in [0.2, 0.25) is 17.0 Å². The van der Waals surface area contributed by atoms with Crippen molar-refractivity contribution in [2.75, 3.05) is 21.3 Å². The number of halogens is 5. The Labute approximate surface area is 194 Å². The number of rotatable bonds is 6. The lowest BCUT2D eigenvalue weighted by molar-refractivity contribution is -0.141. The number of hydrogen-bond donors (Lipinski definition) is 1. The molecule has 1 N–H and O–H groups in total. The highest BCUT2D eigenvalue weighted by molar-refractivity contribution is 5.97. The highest BCUT2D eigenvalue weighted by Gasteiger charge is 2.35. The van der Waals surface area contributed by atoms with Crippen molar-refractivity contribution in [2.45, 2.75) is 13.1 Å². The number of pyridine rings is 2. The zero-order valence-electron chi connectivity index (χ0n) is 18.6. The molecule has 0 saturated carbocycles. The van der Waals surface area contributed by atoms with E-state index in [0.717, 1.165) is 27.4 Å². The maximum Gasteiger partial charge on any atom is 0.433 e. The Bertz CT molecular complexity index is 1350. The fourth-order valence-electron chi connectivity index (χ4n) is 3.23. The largest absolute Gasteiger partial charge is 0.491 e. The maximum absolute atomic E-state index is 14.1. The van der Waals surface area contributed by atoms with Crippen molar-refractivity contribution in [1.82, 2.24) is 9.97 Å². The Balaban J connectivity index is 2.37. The van der Waals surface area contributed by atoms with E-state index in [-0.39, 0.29) is 11.4 Å². The summed E-state index contributed by atoms with van der Waals surface area (Å²) >= 11 is 0. The Morgan fingerprint density at radius 1 is 1.03 bits per heavy atom. The van der Waals surface area contributed by atoms with Crippen molar-refractivity contribution in [3.63, 3.8) is 0 Å². The van der Waals surface area contributed by atoms with Crippen LogP contribution < -0.4 is 19.6 Å². The number of methoxy groups -OCH3 is 3. The summed E-state index contributed by atoms with van der Waals surface area (Å²) in [4.78, 5) is 31.3. The Kier molecular flexibility index (Phi) is 6.99. The molecule has 2 heterocycles. The fraction of sp³-hybridized carbons (Fsp3) is 0.227. The fourth-order valence-corrected chi connectivity index (χ4v) is 3.23. The van der Waals surface area contributed by atoms with Crippen LogP contribution >= 0.6 is 0 Å². The molecule has 0 amide bonds. The normalized spacial score (nSPS) is 11.2. The van der Waals surface area contributed by atoms with Crippen LogP contribution in [0.3, 0.4) is 0 Å². The molecule has 0 aliphatic heterocycles. The summed E-state index contributed by atoms with van der Waals surface area (Å²) in [6, 6.07) is 2.21. The second-order valence-corrected chi connectivity index (χ2v) is 6.91. The van der Waals surface area contributed by atoms with Crippen molar-refractivity contribution in [3.8, 4) is 34.3 Å². The van der Waals surface area contributed by atoms with Crippen LogP contribution in [-0.2, 0) is 10.9 Å². The summed E-state index contributed by atoms with van der Waals surface area (Å²) in [5, 5.41) is 0. The molecule has 2 aromatic heterocycles. The second kappa shape index (κ2) is 9.60. The van der Waals surface area contributed by atoms with E-state index in [1.165, 1.54) is 6.92 Å². The molecular weight excluding hydrogens is 483 g/mol. The highest BCUT2D eigenvalue weighted by Crippen LogP contribution is 2.41. The van der Waals surface area contributed by atoms with E-state index in [9.17, 15) is 31.5 Å². The van der Waals surface area contributed by atoms with Crippen molar-refractivity contribution in [2.24, 2.45) is 0 Å². The lowest BCUT2D eigenvalue weighted by Gasteiger charge is -2.18. The van der Waals surface area contributed by atoms with Crippen LogP contribution in [0.25, 0.3) is 11.3 Å². The monoisotopic (exact) mass is 500 g/mol. The van der Waals surface area contributed by atoms with Crippen LogP contribution in [0.5, 0.6) is 23.0 Å². The van der Waals surface area contributed by atoms with Gasteiger partial charge in [-0.1, -0.05) is 0 Å². The van der Waals surface area contributed by atoms with E-state index in [4.69, 9.17) is 14.2 Å². The zero-order valence-corrected chi connectivity index (χ0v) is 18.6. The molecule has 3 aromatic rings. The van der Waals surface area contributed by atoms with Crippen LogP contribution in [0.15, 0.2) is 29.2 Å². The smallest absolute Gasteiger partial charge is 0.433 e. The standard InChI is InChI=1S/C22H17F5N2O6/c1-9-19(32-2)18(30)15(21(31)34-4)17(29-9)10-7-14(22(25,26)27)28-8-13(10)35-12-6-5-11(23)16(24)20(12)33-3/h5-8H,1-4H3,(H,29,30). The summed E-state index contributed by atoms with van der Waals surface area (Å²) in [5.41, 5.74) is -3.83. The predicted octanol–water partition coefficient (Wildman–Crippen LogP) is 4.64. The molecule has 0 bridgehead atoms. The van der Waals surface area contributed by atoms with E-state index in [2.05, 4.69) is 14.7 Å². The van der Waals surface area contributed by atoms with Crippen molar-refractivity contribution in [3.05, 3.63) is 63.2 Å². The molecule has 0 aliphatic rings. The number of alkyl halides is 3. The van der Waals surface area contributed by atoms with Crippen LogP contribution in [0, 0.1) is 18.6 Å². The number of carbonyl (C=O) groups is 1. The van der Waals surface area contributed by atoms with Gasteiger partial charge in [-0.05, 0) is 25.1 Å². The summed E-state index contributed by atoms with van der Waals surface area (Å²) in [6.07, 6.45) is -4.27. The molecule has 0 saturated heterocycles. The minimum Gasteiger partial charge on any atom is -0.491 e. The molecule has 0 unspecified atom stereocenters. The molecule has 1 aromatic carbocycles. The topological polar surface area (TPSA) is 99.7 Å². The molecule has 0 aliphatic carbocycles. The minimum absolute atomic E-state index is 0.0712. The number of aryl methyl sites for hydroxylation is 1. The van der Waals surface area contributed by atoms with E-state index >= 15 is 0 Å². The first-order chi connectivity index (χ1) is 16.4. The van der Waals surface area contributed by atoms with E-state index in [1.54, 1.807) is 0 Å². The van der Waals surface area contributed by atoms with Gasteiger partial charge in [-0.2, -0.15) is 17.6 Å². The van der Waals surface area contributed by atoms with Gasteiger partial charge in [-0.15, -0.1) is 0 Å². The average molecular weight is 500 g/mol. The summed E-state index contributed by atoms with van der Waals surface area (Å²) in [7, 11) is 3.15. The van der Waals surface area contributed by atoms with Gasteiger partial charge >= 0.3 is 12.1 Å². The Morgan fingerprint density at radius 3 is 2.26 bits per heavy atom. The van der Waals surface area contributed by atoms with Gasteiger partial charge in [0.1, 0.15) is 11.3 Å². The molecule has 3 rings (SSSR count). The summed E-state index contributed by atoms with van der Waals surface area (Å²) in [5.74, 6) is -5.67. The number of aromatic nitrogens is 2. The van der Waals surface area contributed by atoms with Crippen LogP contribution in [0.2, 0.25) is 0 Å². The van der Waals surface area contributed by atoms with E-state index in [1.807, 2.05) is 0 Å². The van der Waals surface area contributed by atoms with Gasteiger partial charge < -0.3 is 23.9 Å². The summed E-state index contributed by atoms with van der Waals surface area (Å²) < 4.78 is 88.1. The number of esters is 1. The summed E-state index contributed by atoms with van der Waals surface area (Å²) in [6.45, 7) is 1.38. The third-order valence-corrected chi connectivity index (χ3v) is 4.80. The number of nitrogens with one attached hydrogen (secondary N) is 1. The minimum atomic E-state index is -4.92. The van der Waals surface area contributed by atoms with Gasteiger partial charge in [0, 0.05) is 5.56 Å². The Morgan fingerprint density at radius 2 is 1.69 bits per heavy atom.